The van der Waals surface area contributed by atoms with E-state index in [0.717, 1.165) is 4.90 Å². The number of primary amides is 1. The maximum Gasteiger partial charge on any atom is 0.326 e. The number of guanidine groups is 3. The third kappa shape index (κ3) is 47.6. The van der Waals surface area contributed by atoms with Gasteiger partial charge in [0.25, 0.3) is 0 Å². The minimum atomic E-state index is -2.07. The summed E-state index contributed by atoms with van der Waals surface area (Å²) >= 11 is 1.33. The molecular formula is C92H146N26O22S. The molecule has 0 saturated carbocycles. The highest BCUT2D eigenvalue weighted by Crippen LogP contribution is 2.19. The van der Waals surface area contributed by atoms with Crippen LogP contribution in [0.25, 0.3) is 0 Å². The number of unbranched alkanes of at least 4 members (excludes halogenated alkanes) is 1. The van der Waals surface area contributed by atoms with Gasteiger partial charge in [-0.2, -0.15) is 11.8 Å². The van der Waals surface area contributed by atoms with Crippen LogP contribution in [0.1, 0.15) is 174 Å². The molecule has 0 saturated heterocycles. The Morgan fingerprint density at radius 1 is 0.383 bits per heavy atom. The van der Waals surface area contributed by atoms with Gasteiger partial charge in [-0.15, -0.1) is 0 Å². The molecule has 0 aromatic heterocycles. The van der Waals surface area contributed by atoms with E-state index in [1.165, 1.54) is 18.8 Å². The Morgan fingerprint density at radius 2 is 0.716 bits per heavy atom. The fourth-order valence-corrected chi connectivity index (χ4v) is 15.1. The molecule has 0 heterocycles. The molecule has 16 atom stereocenters. The molecule has 0 aliphatic carbocycles. The number of thioether (sulfide) groups is 1. The summed E-state index contributed by atoms with van der Waals surface area (Å²) in [5.74, 6) is -21.6. The zero-order valence-electron chi connectivity index (χ0n) is 81.1. The van der Waals surface area contributed by atoms with Crippen molar-refractivity contribution in [2.24, 2.45) is 52.2 Å². The van der Waals surface area contributed by atoms with Crippen molar-refractivity contribution in [2.45, 2.75) is 267 Å². The Hall–Kier alpha value is -13.8. The Kier molecular flexibility index (Phi) is 56.1. The molecule has 141 heavy (non-hydrogen) atoms. The summed E-state index contributed by atoms with van der Waals surface area (Å²) in [6.45, 7) is 9.19. The molecular weight excluding hydrogens is 1850 g/mol. The lowest BCUT2D eigenvalue weighted by atomic mass is 9.95. The highest BCUT2D eigenvalue weighted by molar-refractivity contribution is 7.98. The Labute approximate surface area is 823 Å². The minimum absolute atomic E-state index is 0.0358. The number of likely N-dealkylation sites (N-methyl/N-ethyl adjacent to an activating group) is 1. The number of carbonyl (C=O) groups excluding carboxylic acids is 15. The summed E-state index contributed by atoms with van der Waals surface area (Å²) in [5.41, 5.74) is 35.1. The van der Waals surface area contributed by atoms with Gasteiger partial charge in [0.05, 0.1) is 19.1 Å². The van der Waals surface area contributed by atoms with Gasteiger partial charge in [-0.25, -0.2) is 4.79 Å². The summed E-state index contributed by atoms with van der Waals surface area (Å²) < 4.78 is 0. The number of carboxylic acid groups (broad SMARTS) is 3. The molecule has 782 valence electrons. The normalized spacial score (nSPS) is 14.5. The number of aliphatic carboxylic acids is 3. The lowest BCUT2D eigenvalue weighted by Gasteiger charge is -2.31. The van der Waals surface area contributed by atoms with Gasteiger partial charge in [-0.3, -0.25) is 97.7 Å². The molecule has 0 aliphatic heterocycles. The second-order valence-electron chi connectivity index (χ2n) is 35.1. The topological polar surface area (TPSA) is 812 Å². The molecule has 0 aliphatic rings. The number of aliphatic hydroxyl groups excluding tert-OH is 1. The van der Waals surface area contributed by atoms with Gasteiger partial charge in [0.1, 0.15) is 84.6 Å². The molecule has 35 N–H and O–H groups in total. The summed E-state index contributed by atoms with van der Waals surface area (Å²) in [5, 5.41) is 105. The molecule has 3 aromatic carbocycles. The zero-order chi connectivity index (χ0) is 106. The summed E-state index contributed by atoms with van der Waals surface area (Å²) in [7, 11) is 1.18. The average molecular weight is 2000 g/mol. The first-order valence-electron chi connectivity index (χ1n) is 46.8. The van der Waals surface area contributed by atoms with Crippen molar-refractivity contribution in [3.8, 4) is 0 Å². The third-order valence-electron chi connectivity index (χ3n) is 22.5. The maximum absolute atomic E-state index is 15.3. The number of hydrogen-bond donors (Lipinski definition) is 29. The van der Waals surface area contributed by atoms with Crippen molar-refractivity contribution in [3.63, 3.8) is 0 Å². The second-order valence-corrected chi connectivity index (χ2v) is 36.1. The van der Waals surface area contributed by atoms with Crippen molar-refractivity contribution in [1.82, 2.24) is 90.0 Å². The number of benzene rings is 3. The molecule has 0 bridgehead atoms. The molecule has 0 fully saturated rings. The number of nitrogens with two attached hydrogens (primary N) is 6. The molecule has 15 amide bonds. The SMILES string of the molecule is CC[C@H](C)[C@H](NC(=O)[C@H](Cc1ccccc1)NC(=O)[C@H](CC(=O)O)NC(=O)[C@H](CCCNC(=N)N)NC(=O)[C@H](Cc1ccccc1)NC(=O)[C@H](Cc1ccccc1)NC(=O)[C@H](CCCCN)NC(=O)[C@H](CO)NC(=O)[C@H](CC(C)C)NC(=O)[C@H](CCCNC(=N)N)NC(=O)[C@H](CCSC)NC(=O)[C@@H](N)CCC(=O)O)C(=O)N[C@@H](CC(C)C)C(=O)N[C@@H](CCC(N)=O)C(=O)N(C)[C@@H](CCCNC(=N)N)C(=O)O. The lowest BCUT2D eigenvalue weighted by Crippen LogP contribution is -2.62. The van der Waals surface area contributed by atoms with Gasteiger partial charge in [0.2, 0.25) is 88.6 Å². The van der Waals surface area contributed by atoms with Crippen molar-refractivity contribution in [3.05, 3.63) is 108 Å². The predicted octanol–water partition coefficient (Wildman–Crippen LogP) is -4.34. The molecule has 48 nitrogen and oxygen atoms in total. The minimum Gasteiger partial charge on any atom is -0.481 e. The maximum atomic E-state index is 15.3. The second kappa shape index (κ2) is 65.2. The van der Waals surface area contributed by atoms with Crippen molar-refractivity contribution < 1.29 is 107 Å². The van der Waals surface area contributed by atoms with E-state index in [2.05, 4.69) is 85.1 Å². The fraction of sp³-hybridized carbons (Fsp3) is 0.576. The first-order valence-corrected chi connectivity index (χ1v) is 48.2. The van der Waals surface area contributed by atoms with Crippen LogP contribution in [-0.4, -0.2) is 292 Å². The van der Waals surface area contributed by atoms with E-state index in [1.807, 2.05) is 0 Å². The van der Waals surface area contributed by atoms with Crippen LogP contribution < -0.4 is 119 Å². The van der Waals surface area contributed by atoms with Gasteiger partial charge >= 0.3 is 17.9 Å². The first kappa shape index (κ1) is 121. The Morgan fingerprint density at radius 3 is 1.09 bits per heavy atom. The fourth-order valence-electron chi connectivity index (χ4n) is 14.6. The molecule has 0 spiro atoms. The van der Waals surface area contributed by atoms with Crippen LogP contribution in [0.5, 0.6) is 0 Å². The van der Waals surface area contributed by atoms with Crippen LogP contribution >= 0.6 is 11.8 Å². The van der Waals surface area contributed by atoms with E-state index in [-0.39, 0.29) is 147 Å². The van der Waals surface area contributed by atoms with Crippen molar-refractivity contribution >= 4 is 136 Å². The number of carbonyl (C=O) groups is 18. The van der Waals surface area contributed by atoms with Gasteiger partial charge in [-0.1, -0.05) is 139 Å². The van der Waals surface area contributed by atoms with E-state index >= 15 is 24.0 Å². The van der Waals surface area contributed by atoms with Crippen molar-refractivity contribution in [2.75, 3.05) is 51.8 Å². The molecule has 0 radical (unpaired) electrons. The number of rotatable bonds is 69. The van der Waals surface area contributed by atoms with Crippen molar-refractivity contribution in [1.29, 1.82) is 16.2 Å². The number of nitrogens with zero attached hydrogens (tertiary/aromatic N) is 1. The highest BCUT2D eigenvalue weighted by atomic mass is 32.2. The molecule has 49 heteroatoms. The zero-order valence-corrected chi connectivity index (χ0v) is 81.9. The molecule has 3 rings (SSSR count). The van der Waals surface area contributed by atoms with Gasteiger partial charge in [0, 0.05) is 58.8 Å². The standard InChI is InChI=1S/C92H146N26O22S/c1-9-53(6)74(87(137)115-64(45-52(4)5)80(130)109-62(35-36-71(95)120)88(138)118(7)70(89(139)140)33-23-42-104-92(100)101)117-85(135)67(48-56-28-17-12-18-29-56)113-84(134)68(49-73(123)124)114-78(128)60(32-22-41-103-91(98)99)107-82(132)65(46-54-24-13-10-14-25-54)112-83(133)66(47-55-26-15-11-16-27-55)111-76(126)58(30-19-20-39-93)108-86(136)69(50-119)116-81(131)63(44-51(2)3)110-77(127)59(31-21-40-102-90(96)97)106-79(129)61(38-43-141-8)105-75(125)57(94)34-37-72(121)122/h10-18,24-29,51-53,57-70,74,119H,9,19-23,30-50,93-94H2,1-8H3,(H2,95,120)(H,105,125)(H,106,129)(H,107,132)(H,108,136)(H,109,130)(H,110,127)(H,111,126)(H,112,133)(H,113,134)(H,114,128)(H,115,137)(H,116,131)(H,117,135)(H,121,122)(H,123,124)(H,139,140)(H4,96,97,102)(H4,98,99,103)(H4,100,101,104)/t53-,57-,58-,59-,60-,61-,62-,63-,64-,65-,66-,67-,68-,69-,70-,74-/m0/s1. The Balaban J connectivity index is 2.11. The molecule has 0 unspecified atom stereocenters. The Bertz CT molecular complexity index is 4630. The number of carboxylic acids is 3. The quantitative estimate of drug-likeness (QED) is 0.0144. The van der Waals surface area contributed by atoms with Crippen LogP contribution in [0.15, 0.2) is 91.0 Å². The van der Waals surface area contributed by atoms with Crippen LogP contribution in [0.4, 0.5) is 0 Å². The largest absolute Gasteiger partial charge is 0.481 e. The van der Waals surface area contributed by atoms with Gasteiger partial charge in [0.15, 0.2) is 17.9 Å². The number of hydrogen-bond acceptors (Lipinski definition) is 25. The highest BCUT2D eigenvalue weighted by Gasteiger charge is 2.41. The average Bonchev–Trinajstić information content (AvgIpc) is 0.833. The van der Waals surface area contributed by atoms with Crippen LogP contribution in [0, 0.1) is 34.0 Å². The van der Waals surface area contributed by atoms with E-state index in [1.54, 1.807) is 139 Å². The summed E-state index contributed by atoms with van der Waals surface area (Å²) in [6.07, 6.45) is -2.02. The number of aliphatic hydroxyl groups is 1. The van der Waals surface area contributed by atoms with Crippen LogP contribution in [0.2, 0.25) is 0 Å². The van der Waals surface area contributed by atoms with E-state index in [9.17, 15) is 82.8 Å². The predicted molar refractivity (Wildman–Crippen MR) is 524 cm³/mol. The monoisotopic (exact) mass is 2000 g/mol. The number of nitrogens with one attached hydrogen (secondary N) is 19. The van der Waals surface area contributed by atoms with Crippen LogP contribution in [0.3, 0.4) is 0 Å². The van der Waals surface area contributed by atoms with Gasteiger partial charge in [-0.05, 0) is 143 Å². The summed E-state index contributed by atoms with van der Waals surface area (Å²) in [4.78, 5) is 254. The smallest absolute Gasteiger partial charge is 0.326 e. The number of amides is 15. The third-order valence-corrected chi connectivity index (χ3v) is 23.1. The van der Waals surface area contributed by atoms with E-state index in [4.69, 9.17) is 50.6 Å². The van der Waals surface area contributed by atoms with E-state index in [0.29, 0.717) is 28.9 Å². The summed E-state index contributed by atoms with van der Waals surface area (Å²) in [6, 6.07) is 0.703. The molecule has 3 aromatic rings. The van der Waals surface area contributed by atoms with Gasteiger partial charge < -0.3 is 145 Å². The lowest BCUT2D eigenvalue weighted by molar-refractivity contribution is -0.150. The van der Waals surface area contributed by atoms with E-state index < -0.39 is 247 Å². The van der Waals surface area contributed by atoms with Crippen LogP contribution in [-0.2, 0) is 106 Å². The first-order chi connectivity index (χ1) is 66.7.